The standard InChI is InChI=1S/C23H24N6O.C12H16N4.C11H10N2O2.2CH4/c1-16-5-3-4-6-20(16)29-13-9-19(26-29)23(30)25-18-8-12-28(15-18)22-21-17(2)7-11-27(21)14-10-24-22;1-9-2-5-15-7-4-14-12(11(9)15)16-6-3-10(13)8-16;1-8-4-2-3-5-10(8)13-7-6-9(12-13)11(14)15;;/h3-7,9-11,13-14,18H,8,12,15H2,1-2H3,(H,25,30);2,4-5,7,10H,3,6,8,13H2,1H3;2-7H,1H3,(H,14,15);2*1H4/t18-;10-;;;/m00.../s1. The molecule has 15 nitrogen and oxygen atoms in total. The van der Waals surface area contributed by atoms with E-state index in [1.54, 1.807) is 21.6 Å². The van der Waals surface area contributed by atoms with Crippen LogP contribution in [0.25, 0.3) is 22.4 Å². The van der Waals surface area contributed by atoms with E-state index >= 15 is 0 Å². The van der Waals surface area contributed by atoms with Crippen molar-refractivity contribution in [2.24, 2.45) is 5.73 Å². The molecule has 8 aromatic rings. The number of carbonyl (C=O) groups is 2. The number of aromatic nitrogens is 8. The van der Waals surface area contributed by atoms with Crippen molar-refractivity contribution < 1.29 is 14.7 Å². The molecule has 2 fully saturated rings. The van der Waals surface area contributed by atoms with Crippen LogP contribution in [0.3, 0.4) is 0 Å². The van der Waals surface area contributed by atoms with Crippen molar-refractivity contribution in [3.8, 4) is 11.4 Å². The molecule has 1 amide bonds. The second-order valence-electron chi connectivity index (χ2n) is 15.6. The van der Waals surface area contributed by atoms with Gasteiger partial charge in [-0.25, -0.2) is 24.1 Å². The first-order valence-corrected chi connectivity index (χ1v) is 20.4. The summed E-state index contributed by atoms with van der Waals surface area (Å²) >= 11 is 0. The Morgan fingerprint density at radius 1 is 0.619 bits per heavy atom. The molecular formula is C48H58N12O3. The Bertz CT molecular complexity index is 2820. The highest BCUT2D eigenvalue weighted by molar-refractivity contribution is 5.92. The Balaban J connectivity index is 0.000000170. The molecule has 4 N–H and O–H groups in total. The lowest BCUT2D eigenvalue weighted by molar-refractivity contribution is 0.0689. The first-order chi connectivity index (χ1) is 29.5. The number of amides is 1. The van der Waals surface area contributed by atoms with Crippen LogP contribution < -0.4 is 20.9 Å². The SMILES string of the molecule is C.C.Cc1ccccc1-n1ccc(C(=O)N[C@H]2CCN(c3nccn4ccc(C)c34)C2)n1.Cc1ccccc1-n1ccc(C(=O)O)n1.Cc1ccn2ccnc(N3CC[C@H](N)C3)c12. The van der Waals surface area contributed by atoms with Crippen LogP contribution in [0.15, 0.2) is 122 Å². The average Bonchev–Trinajstić information content (AvgIpc) is 4.13. The maximum absolute atomic E-state index is 12.8. The third-order valence-corrected chi connectivity index (χ3v) is 11.2. The van der Waals surface area contributed by atoms with Gasteiger partial charge in [-0.05, 0) is 99.2 Å². The Morgan fingerprint density at radius 2 is 1.11 bits per heavy atom. The Labute approximate surface area is 368 Å². The summed E-state index contributed by atoms with van der Waals surface area (Å²) in [7, 11) is 0. The van der Waals surface area contributed by atoms with Gasteiger partial charge in [-0.15, -0.1) is 0 Å². The van der Waals surface area contributed by atoms with Gasteiger partial charge in [0.15, 0.2) is 23.0 Å². The van der Waals surface area contributed by atoms with Crippen molar-refractivity contribution >= 4 is 34.5 Å². The summed E-state index contributed by atoms with van der Waals surface area (Å²) in [6.45, 7) is 11.7. The topological polar surface area (TPSA) is 169 Å². The summed E-state index contributed by atoms with van der Waals surface area (Å²) in [6, 6.07) is 23.5. The lowest BCUT2D eigenvalue weighted by Crippen LogP contribution is -2.37. The number of nitrogens with two attached hydrogens (primary N) is 1. The molecule has 0 aliphatic carbocycles. The number of para-hydroxylation sites is 2. The molecule has 0 bridgehead atoms. The van der Waals surface area contributed by atoms with Crippen LogP contribution in [0.1, 0.15) is 70.9 Å². The molecule has 0 saturated carbocycles. The Morgan fingerprint density at radius 3 is 1.60 bits per heavy atom. The molecule has 63 heavy (non-hydrogen) atoms. The van der Waals surface area contributed by atoms with Crippen molar-refractivity contribution in [1.29, 1.82) is 0 Å². The van der Waals surface area contributed by atoms with Crippen LogP contribution >= 0.6 is 0 Å². The summed E-state index contributed by atoms with van der Waals surface area (Å²) in [5.41, 5.74) is 15.3. The third-order valence-electron chi connectivity index (χ3n) is 11.2. The van der Waals surface area contributed by atoms with Crippen LogP contribution in [-0.2, 0) is 0 Å². The quantitative estimate of drug-likeness (QED) is 0.146. The normalized spacial score (nSPS) is 15.5. The van der Waals surface area contributed by atoms with Gasteiger partial charge in [-0.3, -0.25) is 4.79 Å². The number of carboxylic acids is 1. The number of rotatable bonds is 7. The van der Waals surface area contributed by atoms with Crippen LogP contribution in [0.2, 0.25) is 0 Å². The number of fused-ring (bicyclic) bond motifs is 2. The molecule has 328 valence electrons. The number of carbonyl (C=O) groups excluding carboxylic acids is 1. The second-order valence-corrected chi connectivity index (χ2v) is 15.6. The van der Waals surface area contributed by atoms with Gasteiger partial charge in [0.25, 0.3) is 5.91 Å². The largest absolute Gasteiger partial charge is 0.476 e. The van der Waals surface area contributed by atoms with Crippen LogP contribution in [0.4, 0.5) is 11.6 Å². The molecule has 2 aliphatic heterocycles. The number of aryl methyl sites for hydroxylation is 4. The number of hydrogen-bond acceptors (Lipinski definition) is 9. The average molecular weight is 851 g/mol. The number of carboxylic acid groups (broad SMARTS) is 1. The summed E-state index contributed by atoms with van der Waals surface area (Å²) in [4.78, 5) is 37.1. The van der Waals surface area contributed by atoms with Gasteiger partial charge in [-0.1, -0.05) is 51.3 Å². The van der Waals surface area contributed by atoms with E-state index in [9.17, 15) is 9.59 Å². The van der Waals surface area contributed by atoms with Gasteiger partial charge < -0.3 is 34.8 Å². The minimum atomic E-state index is -1.01. The fraction of sp³-hybridized carbons (Fsp3) is 0.292. The molecule has 8 heterocycles. The number of aromatic carboxylic acids is 1. The zero-order valence-electron chi connectivity index (χ0n) is 34.8. The zero-order chi connectivity index (χ0) is 42.6. The van der Waals surface area contributed by atoms with E-state index < -0.39 is 5.97 Å². The maximum Gasteiger partial charge on any atom is 0.356 e. The minimum absolute atomic E-state index is 0. The van der Waals surface area contributed by atoms with Crippen molar-refractivity contribution in [3.63, 3.8) is 0 Å². The highest BCUT2D eigenvalue weighted by atomic mass is 16.4. The molecule has 0 radical (unpaired) electrons. The molecule has 2 atom stereocenters. The monoisotopic (exact) mass is 850 g/mol. The fourth-order valence-electron chi connectivity index (χ4n) is 7.97. The van der Waals surface area contributed by atoms with Crippen molar-refractivity contribution in [2.45, 2.75) is 67.5 Å². The molecular weight excluding hydrogens is 793 g/mol. The maximum atomic E-state index is 12.8. The van der Waals surface area contributed by atoms with Gasteiger partial charge in [0.1, 0.15) is 0 Å². The van der Waals surface area contributed by atoms with E-state index in [1.165, 1.54) is 22.7 Å². The Hall–Kier alpha value is -7.26. The van der Waals surface area contributed by atoms with E-state index in [0.717, 1.165) is 78.7 Å². The summed E-state index contributed by atoms with van der Waals surface area (Å²) in [5.74, 6) is 0.889. The van der Waals surface area contributed by atoms with E-state index in [2.05, 4.69) is 82.5 Å². The number of hydrogen-bond donors (Lipinski definition) is 3. The molecule has 6 aromatic heterocycles. The fourth-order valence-corrected chi connectivity index (χ4v) is 7.97. The molecule has 2 aliphatic rings. The third kappa shape index (κ3) is 9.79. The summed E-state index contributed by atoms with van der Waals surface area (Å²) in [5, 5.41) is 20.3. The van der Waals surface area contributed by atoms with Crippen molar-refractivity contribution in [3.05, 3.63) is 156 Å². The van der Waals surface area contributed by atoms with Gasteiger partial charge in [-0.2, -0.15) is 10.2 Å². The number of nitrogens with zero attached hydrogens (tertiary/aromatic N) is 10. The van der Waals surface area contributed by atoms with Gasteiger partial charge in [0, 0.05) is 87.8 Å². The molecule has 0 spiro atoms. The van der Waals surface area contributed by atoms with Gasteiger partial charge in [0.05, 0.1) is 22.4 Å². The van der Waals surface area contributed by atoms with Crippen LogP contribution in [0, 0.1) is 27.7 Å². The Kier molecular flexibility index (Phi) is 14.1. The van der Waals surface area contributed by atoms with Crippen molar-refractivity contribution in [1.82, 2.24) is 43.6 Å². The first-order valence-electron chi connectivity index (χ1n) is 20.4. The summed E-state index contributed by atoms with van der Waals surface area (Å²) < 4.78 is 7.55. The zero-order valence-corrected chi connectivity index (χ0v) is 34.8. The van der Waals surface area contributed by atoms with Crippen LogP contribution in [-0.4, -0.2) is 93.6 Å². The second kappa shape index (κ2) is 19.6. The van der Waals surface area contributed by atoms with E-state index in [1.807, 2.05) is 93.4 Å². The van der Waals surface area contributed by atoms with Gasteiger partial charge >= 0.3 is 5.97 Å². The lowest BCUT2D eigenvalue weighted by Gasteiger charge is -2.19. The molecule has 2 aromatic carbocycles. The predicted molar refractivity (Wildman–Crippen MR) is 250 cm³/mol. The summed E-state index contributed by atoms with van der Waals surface area (Å²) in [6.07, 6.45) is 17.2. The predicted octanol–water partition coefficient (Wildman–Crippen LogP) is 7.48. The van der Waals surface area contributed by atoms with Crippen LogP contribution in [0.5, 0.6) is 0 Å². The number of nitrogens with one attached hydrogen (secondary N) is 1. The van der Waals surface area contributed by atoms with Crippen molar-refractivity contribution in [2.75, 3.05) is 36.0 Å². The highest BCUT2D eigenvalue weighted by Crippen LogP contribution is 2.27. The van der Waals surface area contributed by atoms with E-state index in [0.29, 0.717) is 5.69 Å². The molecule has 2 saturated heterocycles. The van der Waals surface area contributed by atoms with Gasteiger partial charge in [0.2, 0.25) is 0 Å². The molecule has 15 heteroatoms. The number of anilines is 2. The number of benzene rings is 2. The highest BCUT2D eigenvalue weighted by Gasteiger charge is 2.28. The molecule has 10 rings (SSSR count). The minimum Gasteiger partial charge on any atom is -0.476 e. The molecule has 0 unspecified atom stereocenters. The lowest BCUT2D eigenvalue weighted by atomic mass is 10.2. The van der Waals surface area contributed by atoms with E-state index in [-0.39, 0.29) is 38.5 Å². The smallest absolute Gasteiger partial charge is 0.356 e. The first kappa shape index (κ1) is 45.3. The van der Waals surface area contributed by atoms with E-state index in [4.69, 9.17) is 10.8 Å².